The number of halogens is 1. The third-order valence-electron chi connectivity index (χ3n) is 4.04. The van der Waals surface area contributed by atoms with E-state index in [0.29, 0.717) is 5.41 Å². The predicted molar refractivity (Wildman–Crippen MR) is 75.9 cm³/mol. The minimum atomic E-state index is 0.0772. The van der Waals surface area contributed by atoms with Crippen LogP contribution in [0.15, 0.2) is 24.3 Å². The highest BCUT2D eigenvalue weighted by Crippen LogP contribution is 2.60. The second kappa shape index (κ2) is 4.26. The summed E-state index contributed by atoms with van der Waals surface area (Å²) in [5.74, 6) is 0.979. The van der Waals surface area contributed by atoms with Crippen molar-refractivity contribution in [2.45, 2.75) is 25.7 Å². The Hall–Kier alpha value is -0.580. The number of hydrogen-bond donors (Lipinski definition) is 1. The lowest BCUT2D eigenvalue weighted by molar-refractivity contribution is 0.0942. The molecule has 2 fully saturated rings. The molecule has 0 unspecified atom stereocenters. The van der Waals surface area contributed by atoms with Crippen LogP contribution in [0.25, 0.3) is 0 Å². The van der Waals surface area contributed by atoms with Crippen molar-refractivity contribution < 1.29 is 4.79 Å². The van der Waals surface area contributed by atoms with Crippen LogP contribution in [0.3, 0.4) is 0 Å². The van der Waals surface area contributed by atoms with Crippen LogP contribution in [0, 0.1) is 14.9 Å². The first-order valence-electron chi connectivity index (χ1n) is 6.23. The van der Waals surface area contributed by atoms with Crippen molar-refractivity contribution in [1.82, 2.24) is 5.32 Å². The van der Waals surface area contributed by atoms with Crippen LogP contribution in [0.5, 0.6) is 0 Å². The summed E-state index contributed by atoms with van der Waals surface area (Å²) in [4.78, 5) is 12.0. The van der Waals surface area contributed by atoms with E-state index in [1.165, 1.54) is 25.7 Å². The van der Waals surface area contributed by atoms with E-state index >= 15 is 0 Å². The van der Waals surface area contributed by atoms with E-state index in [2.05, 4.69) is 27.9 Å². The second-order valence-electron chi connectivity index (χ2n) is 5.33. The topological polar surface area (TPSA) is 29.1 Å². The predicted octanol–water partition coefficient (Wildman–Crippen LogP) is 3.21. The molecule has 0 saturated heterocycles. The molecule has 0 aliphatic heterocycles. The van der Waals surface area contributed by atoms with Crippen LogP contribution < -0.4 is 5.32 Å². The smallest absolute Gasteiger partial charge is 0.251 e. The van der Waals surface area contributed by atoms with Gasteiger partial charge >= 0.3 is 0 Å². The maximum absolute atomic E-state index is 12.0. The highest BCUT2D eigenvalue weighted by atomic mass is 127. The highest BCUT2D eigenvalue weighted by molar-refractivity contribution is 14.1. The SMILES string of the molecule is O=C(NCC1(C2CC2)CC1)c1ccc(I)cc1. The average Bonchev–Trinajstić information content (AvgIpc) is 3.17. The van der Waals surface area contributed by atoms with Gasteiger partial charge < -0.3 is 5.32 Å². The van der Waals surface area contributed by atoms with Gasteiger partial charge in [-0.1, -0.05) is 0 Å². The zero-order valence-corrected chi connectivity index (χ0v) is 11.9. The fourth-order valence-electron chi connectivity index (χ4n) is 2.55. The van der Waals surface area contributed by atoms with Crippen LogP contribution in [-0.4, -0.2) is 12.5 Å². The Labute approximate surface area is 115 Å². The quantitative estimate of drug-likeness (QED) is 0.838. The average molecular weight is 341 g/mol. The summed E-state index contributed by atoms with van der Waals surface area (Å²) >= 11 is 2.25. The van der Waals surface area contributed by atoms with Gasteiger partial charge in [-0.2, -0.15) is 0 Å². The number of amides is 1. The Morgan fingerprint density at radius 2 is 1.94 bits per heavy atom. The molecule has 0 bridgehead atoms. The summed E-state index contributed by atoms with van der Waals surface area (Å²) < 4.78 is 1.16. The number of rotatable bonds is 4. The summed E-state index contributed by atoms with van der Waals surface area (Å²) in [6.07, 6.45) is 5.37. The zero-order chi connectivity index (χ0) is 11.9. The maximum atomic E-state index is 12.0. The molecule has 2 aliphatic carbocycles. The van der Waals surface area contributed by atoms with E-state index in [0.717, 1.165) is 21.6 Å². The fraction of sp³-hybridized carbons (Fsp3) is 0.500. The molecule has 0 spiro atoms. The van der Waals surface area contributed by atoms with Crippen molar-refractivity contribution in [3.63, 3.8) is 0 Å². The van der Waals surface area contributed by atoms with Gasteiger partial charge in [-0.15, -0.1) is 0 Å². The van der Waals surface area contributed by atoms with E-state index in [1.54, 1.807) is 0 Å². The summed E-state index contributed by atoms with van der Waals surface area (Å²) in [5, 5.41) is 3.10. The number of hydrogen-bond acceptors (Lipinski definition) is 1. The minimum absolute atomic E-state index is 0.0772. The second-order valence-corrected chi connectivity index (χ2v) is 6.57. The number of nitrogens with one attached hydrogen (secondary N) is 1. The lowest BCUT2D eigenvalue weighted by Crippen LogP contribution is -2.31. The molecule has 2 nitrogen and oxygen atoms in total. The number of carbonyl (C=O) groups excluding carboxylic acids is 1. The van der Waals surface area contributed by atoms with Crippen LogP contribution in [0.4, 0.5) is 0 Å². The molecule has 2 aliphatic rings. The van der Waals surface area contributed by atoms with Gasteiger partial charge in [0.25, 0.3) is 5.91 Å². The van der Waals surface area contributed by atoms with Crippen LogP contribution in [-0.2, 0) is 0 Å². The van der Waals surface area contributed by atoms with Gasteiger partial charge in [-0.25, -0.2) is 0 Å². The molecule has 0 heterocycles. The normalized spacial score (nSPS) is 21.0. The highest BCUT2D eigenvalue weighted by Gasteiger charge is 2.53. The summed E-state index contributed by atoms with van der Waals surface area (Å²) in [6.45, 7) is 0.877. The molecule has 90 valence electrons. The largest absolute Gasteiger partial charge is 0.351 e. The van der Waals surface area contributed by atoms with Crippen molar-refractivity contribution in [1.29, 1.82) is 0 Å². The molecular formula is C14H16INO. The summed E-state index contributed by atoms with van der Waals surface area (Å²) in [6, 6.07) is 7.74. The van der Waals surface area contributed by atoms with E-state index < -0.39 is 0 Å². The third kappa shape index (κ3) is 2.49. The van der Waals surface area contributed by atoms with Crippen LogP contribution in [0.2, 0.25) is 0 Å². The first-order chi connectivity index (χ1) is 8.20. The molecule has 3 rings (SSSR count). The Kier molecular flexibility index (Phi) is 2.89. The third-order valence-corrected chi connectivity index (χ3v) is 4.76. The van der Waals surface area contributed by atoms with Crippen molar-refractivity contribution in [3.8, 4) is 0 Å². The monoisotopic (exact) mass is 341 g/mol. The van der Waals surface area contributed by atoms with Gasteiger partial charge in [0, 0.05) is 15.7 Å². The molecule has 1 aromatic rings. The molecule has 1 amide bonds. The lowest BCUT2D eigenvalue weighted by Gasteiger charge is -2.14. The first-order valence-corrected chi connectivity index (χ1v) is 7.31. The minimum Gasteiger partial charge on any atom is -0.351 e. The van der Waals surface area contributed by atoms with E-state index in [4.69, 9.17) is 0 Å². The molecule has 2 saturated carbocycles. The molecule has 1 N–H and O–H groups in total. The van der Waals surface area contributed by atoms with Crippen LogP contribution >= 0.6 is 22.6 Å². The van der Waals surface area contributed by atoms with E-state index in [9.17, 15) is 4.79 Å². The molecule has 0 radical (unpaired) electrons. The van der Waals surface area contributed by atoms with E-state index in [-0.39, 0.29) is 5.91 Å². The van der Waals surface area contributed by atoms with E-state index in [1.807, 2.05) is 24.3 Å². The Morgan fingerprint density at radius 3 is 2.47 bits per heavy atom. The van der Waals surface area contributed by atoms with Gasteiger partial charge in [0.05, 0.1) is 0 Å². The molecule has 0 aromatic heterocycles. The molecule has 0 atom stereocenters. The summed E-state index contributed by atoms with van der Waals surface area (Å²) in [5.41, 5.74) is 1.26. The van der Waals surface area contributed by atoms with Gasteiger partial charge in [0.15, 0.2) is 0 Å². The maximum Gasteiger partial charge on any atom is 0.251 e. The van der Waals surface area contributed by atoms with Gasteiger partial charge in [-0.3, -0.25) is 4.79 Å². The van der Waals surface area contributed by atoms with Crippen molar-refractivity contribution >= 4 is 28.5 Å². The molecule has 3 heteroatoms. The fourth-order valence-corrected chi connectivity index (χ4v) is 2.90. The molecular weight excluding hydrogens is 325 g/mol. The number of carbonyl (C=O) groups is 1. The van der Waals surface area contributed by atoms with Crippen molar-refractivity contribution in [3.05, 3.63) is 33.4 Å². The van der Waals surface area contributed by atoms with Gasteiger partial charge in [0.1, 0.15) is 0 Å². The Morgan fingerprint density at radius 1 is 1.29 bits per heavy atom. The lowest BCUT2D eigenvalue weighted by atomic mass is 10.0. The number of benzene rings is 1. The van der Waals surface area contributed by atoms with Gasteiger partial charge in [-0.05, 0) is 83.9 Å². The first kappa shape index (κ1) is 11.5. The molecule has 1 aromatic carbocycles. The Bertz CT molecular complexity index is 432. The standard InChI is InChI=1S/C14H16INO/c15-12-5-1-10(2-6-12)13(17)16-9-14(7-8-14)11-3-4-11/h1-2,5-6,11H,3-4,7-9H2,(H,16,17). The summed E-state index contributed by atoms with van der Waals surface area (Å²) in [7, 11) is 0. The van der Waals surface area contributed by atoms with Crippen LogP contribution in [0.1, 0.15) is 36.0 Å². The Balaban J connectivity index is 1.58. The molecule has 17 heavy (non-hydrogen) atoms. The van der Waals surface area contributed by atoms with Crippen molar-refractivity contribution in [2.24, 2.45) is 11.3 Å². The zero-order valence-electron chi connectivity index (χ0n) is 9.71. The van der Waals surface area contributed by atoms with Gasteiger partial charge in [0.2, 0.25) is 0 Å². The van der Waals surface area contributed by atoms with Crippen molar-refractivity contribution in [2.75, 3.05) is 6.54 Å².